The second-order valence-corrected chi connectivity index (χ2v) is 10.2. The van der Waals surface area contributed by atoms with E-state index in [1.807, 2.05) is 0 Å². The van der Waals surface area contributed by atoms with Crippen LogP contribution in [0, 0.1) is 11.8 Å². The molecule has 8 nitrogen and oxygen atoms in total. The smallest absolute Gasteiger partial charge is 0.410 e. The van der Waals surface area contributed by atoms with Crippen molar-refractivity contribution in [2.24, 2.45) is 11.8 Å². The van der Waals surface area contributed by atoms with Crippen molar-refractivity contribution in [3.63, 3.8) is 0 Å². The molecule has 0 unspecified atom stereocenters. The van der Waals surface area contributed by atoms with Crippen LogP contribution in [0.1, 0.15) is 26.2 Å². The average molecular weight is 463 g/mol. The van der Waals surface area contributed by atoms with Gasteiger partial charge in [-0.05, 0) is 25.3 Å². The van der Waals surface area contributed by atoms with Gasteiger partial charge >= 0.3 is 12.1 Å². The number of likely N-dealkylation sites (tertiary alicyclic amines) is 1. The van der Waals surface area contributed by atoms with E-state index in [4.69, 9.17) is 9.47 Å². The SMILES string of the molecule is C=CCOC(=O)C1=C2[C@@H](SC3CN(C(=O)OCC=C)C3)CCC[C@H]2[C@@H]2[C@@H]([C@@H](C)O)C(=O)N12. The fourth-order valence-corrected chi connectivity index (χ4v) is 7.03. The number of aliphatic hydroxyl groups is 1. The predicted octanol–water partition coefficient (Wildman–Crippen LogP) is 2.10. The molecule has 4 rings (SSSR count). The van der Waals surface area contributed by atoms with Gasteiger partial charge in [0.2, 0.25) is 5.91 Å². The average Bonchev–Trinajstić information content (AvgIpc) is 3.03. The molecule has 5 atom stereocenters. The monoisotopic (exact) mass is 462 g/mol. The topological polar surface area (TPSA) is 96.4 Å². The number of thioether (sulfide) groups is 1. The lowest BCUT2D eigenvalue weighted by molar-refractivity contribution is -0.164. The van der Waals surface area contributed by atoms with Crippen molar-refractivity contribution in [3.8, 4) is 0 Å². The summed E-state index contributed by atoms with van der Waals surface area (Å²) in [6.45, 7) is 10.2. The molecule has 0 bridgehead atoms. The van der Waals surface area contributed by atoms with Crippen LogP contribution in [0.4, 0.5) is 4.79 Å². The minimum Gasteiger partial charge on any atom is -0.457 e. The summed E-state index contributed by atoms with van der Waals surface area (Å²) in [6.07, 6.45) is 4.72. The lowest BCUT2D eigenvalue weighted by Gasteiger charge is -2.48. The molecule has 1 saturated carbocycles. The van der Waals surface area contributed by atoms with Crippen molar-refractivity contribution in [1.29, 1.82) is 0 Å². The number of carbonyl (C=O) groups is 3. The number of β-lactam (4-membered cyclic amide) rings is 1. The summed E-state index contributed by atoms with van der Waals surface area (Å²) in [4.78, 5) is 41.0. The van der Waals surface area contributed by atoms with Gasteiger partial charge in [0.1, 0.15) is 18.9 Å². The van der Waals surface area contributed by atoms with Gasteiger partial charge in [0, 0.05) is 29.5 Å². The first kappa shape index (κ1) is 22.9. The summed E-state index contributed by atoms with van der Waals surface area (Å²) >= 11 is 1.76. The number of fused-ring (bicyclic) bond motifs is 3. The molecule has 1 N–H and O–H groups in total. The lowest BCUT2D eigenvalue weighted by Crippen LogP contribution is -2.64. The van der Waals surface area contributed by atoms with Crippen molar-refractivity contribution in [2.75, 3.05) is 26.3 Å². The van der Waals surface area contributed by atoms with Gasteiger partial charge in [-0.1, -0.05) is 31.7 Å². The standard InChI is InChI=1S/C23H30N2O6S/c1-4-9-30-22(28)20-18-15(19-17(13(3)26)21(27)25(19)20)7-6-8-16(18)32-14-11-24(12-14)23(29)31-10-5-2/h4-5,13-17,19,26H,1-2,6-12H2,3H3/t13-,15-,16+,17-,19-/m1/s1. The summed E-state index contributed by atoms with van der Waals surface area (Å²) in [5, 5.41) is 10.5. The zero-order valence-corrected chi connectivity index (χ0v) is 19.1. The molecule has 0 aromatic rings. The first-order valence-corrected chi connectivity index (χ1v) is 12.0. The number of hydrogen-bond acceptors (Lipinski definition) is 7. The molecular formula is C23H30N2O6S. The Morgan fingerprint density at radius 1 is 1.22 bits per heavy atom. The Hall–Kier alpha value is -2.26. The molecule has 3 heterocycles. The number of amides is 2. The van der Waals surface area contributed by atoms with Crippen LogP contribution in [0.3, 0.4) is 0 Å². The predicted molar refractivity (Wildman–Crippen MR) is 120 cm³/mol. The summed E-state index contributed by atoms with van der Waals surface area (Å²) in [5.41, 5.74) is 1.34. The lowest BCUT2D eigenvalue weighted by atomic mass is 9.72. The Bertz CT molecular complexity index is 849. The van der Waals surface area contributed by atoms with Crippen LogP contribution in [0.2, 0.25) is 0 Å². The molecule has 1 aliphatic carbocycles. The molecule has 174 valence electrons. The van der Waals surface area contributed by atoms with Crippen LogP contribution < -0.4 is 0 Å². The molecule has 4 aliphatic rings. The van der Waals surface area contributed by atoms with Gasteiger partial charge < -0.3 is 24.4 Å². The number of nitrogens with zero attached hydrogens (tertiary/aromatic N) is 2. The molecule has 0 radical (unpaired) electrons. The Balaban J connectivity index is 1.52. The number of carbonyl (C=O) groups excluding carboxylic acids is 3. The third-order valence-electron chi connectivity index (χ3n) is 6.68. The van der Waals surface area contributed by atoms with Gasteiger partial charge in [0.25, 0.3) is 0 Å². The van der Waals surface area contributed by atoms with Gasteiger partial charge in [-0.25, -0.2) is 9.59 Å². The fourth-order valence-electron chi connectivity index (χ4n) is 5.30. The number of hydrogen-bond donors (Lipinski definition) is 1. The molecule has 0 spiro atoms. The minimum atomic E-state index is -0.761. The van der Waals surface area contributed by atoms with Crippen molar-refractivity contribution in [3.05, 3.63) is 36.6 Å². The molecule has 3 fully saturated rings. The van der Waals surface area contributed by atoms with E-state index in [1.54, 1.807) is 28.5 Å². The highest BCUT2D eigenvalue weighted by Gasteiger charge is 2.62. The maximum Gasteiger partial charge on any atom is 0.410 e. The van der Waals surface area contributed by atoms with Gasteiger partial charge in [-0.2, -0.15) is 0 Å². The van der Waals surface area contributed by atoms with E-state index in [2.05, 4.69) is 13.2 Å². The molecule has 32 heavy (non-hydrogen) atoms. The highest BCUT2D eigenvalue weighted by atomic mass is 32.2. The summed E-state index contributed by atoms with van der Waals surface area (Å²) in [7, 11) is 0. The molecular weight excluding hydrogens is 432 g/mol. The van der Waals surface area contributed by atoms with Gasteiger partial charge in [-0.15, -0.1) is 11.8 Å². The van der Waals surface area contributed by atoms with Crippen molar-refractivity contribution >= 4 is 29.7 Å². The second kappa shape index (κ2) is 9.31. The van der Waals surface area contributed by atoms with Crippen LogP contribution in [0.25, 0.3) is 0 Å². The third kappa shape index (κ3) is 3.85. The van der Waals surface area contributed by atoms with Crippen LogP contribution in [0.15, 0.2) is 36.6 Å². The van der Waals surface area contributed by atoms with Crippen molar-refractivity contribution in [1.82, 2.24) is 9.80 Å². The van der Waals surface area contributed by atoms with E-state index >= 15 is 0 Å². The minimum absolute atomic E-state index is 0.0542. The molecule has 2 amide bonds. The number of ether oxygens (including phenoxy) is 2. The summed E-state index contributed by atoms with van der Waals surface area (Å²) < 4.78 is 10.4. The van der Waals surface area contributed by atoms with Crippen LogP contribution in [-0.4, -0.2) is 81.8 Å². The first-order chi connectivity index (χ1) is 15.4. The van der Waals surface area contributed by atoms with E-state index in [0.717, 1.165) is 24.8 Å². The summed E-state index contributed by atoms with van der Waals surface area (Å²) in [6, 6.07) is -0.182. The van der Waals surface area contributed by atoms with Crippen LogP contribution in [-0.2, 0) is 19.1 Å². The van der Waals surface area contributed by atoms with Crippen LogP contribution in [0.5, 0.6) is 0 Å². The van der Waals surface area contributed by atoms with E-state index in [9.17, 15) is 19.5 Å². The molecule has 0 aromatic heterocycles. The van der Waals surface area contributed by atoms with E-state index < -0.39 is 18.0 Å². The van der Waals surface area contributed by atoms with Crippen LogP contribution >= 0.6 is 11.8 Å². The Morgan fingerprint density at radius 2 is 1.91 bits per heavy atom. The van der Waals surface area contributed by atoms with Gasteiger partial charge in [-0.3, -0.25) is 4.79 Å². The fraction of sp³-hybridized carbons (Fsp3) is 0.609. The number of rotatable bonds is 8. The van der Waals surface area contributed by atoms with Gasteiger partial charge in [0.15, 0.2) is 0 Å². The largest absolute Gasteiger partial charge is 0.457 e. The molecule has 0 aromatic carbocycles. The zero-order valence-electron chi connectivity index (χ0n) is 18.3. The second-order valence-electron chi connectivity index (χ2n) is 8.71. The van der Waals surface area contributed by atoms with E-state index in [-0.39, 0.29) is 47.7 Å². The quantitative estimate of drug-likeness (QED) is 0.335. The van der Waals surface area contributed by atoms with E-state index in [1.165, 1.54) is 12.2 Å². The van der Waals surface area contributed by atoms with Crippen molar-refractivity contribution in [2.45, 2.75) is 48.8 Å². The highest BCUT2D eigenvalue weighted by molar-refractivity contribution is 8.00. The Morgan fingerprint density at radius 3 is 2.56 bits per heavy atom. The first-order valence-electron chi connectivity index (χ1n) is 11.1. The number of aliphatic hydroxyl groups excluding tert-OH is 1. The van der Waals surface area contributed by atoms with Gasteiger partial charge in [0.05, 0.1) is 18.1 Å². The Kier molecular flexibility index (Phi) is 6.67. The molecule has 2 saturated heterocycles. The number of esters is 1. The van der Waals surface area contributed by atoms with Crippen molar-refractivity contribution < 1.29 is 29.0 Å². The highest BCUT2D eigenvalue weighted by Crippen LogP contribution is 2.55. The molecule has 3 aliphatic heterocycles. The van der Waals surface area contributed by atoms with E-state index in [0.29, 0.717) is 18.8 Å². The molecule has 9 heteroatoms. The summed E-state index contributed by atoms with van der Waals surface area (Å²) in [5.74, 6) is -1.14. The Labute approximate surface area is 192 Å². The normalized spacial score (nSPS) is 30.0. The third-order valence-corrected chi connectivity index (χ3v) is 8.18. The zero-order chi connectivity index (χ0) is 23.0. The maximum absolute atomic E-state index is 13.0. The maximum atomic E-state index is 13.0.